The third-order valence-electron chi connectivity index (χ3n) is 0.969. The normalized spacial score (nSPS) is 8.15. The molecular formula is C8H13NaO4. The van der Waals surface area contributed by atoms with Gasteiger partial charge in [0, 0.05) is 0 Å². The zero-order valence-electron chi connectivity index (χ0n) is 9.16. The molecule has 70 valence electrons. The average Bonchev–Trinajstić information content (AvgIpc) is 1.96. The molecule has 0 aromatic carbocycles. The van der Waals surface area contributed by atoms with Crippen LogP contribution in [0.5, 0.6) is 0 Å². The number of carbonyl (C=O) groups excluding carboxylic acids is 1. The first-order chi connectivity index (χ1) is 5.52. The van der Waals surface area contributed by atoms with E-state index in [1.54, 1.807) is 13.8 Å². The number of hydrogen-bond donors (Lipinski definition) is 1. The van der Waals surface area contributed by atoms with Crippen LogP contribution in [0.15, 0.2) is 11.8 Å². The molecule has 0 unspecified atom stereocenters. The van der Waals surface area contributed by atoms with Crippen molar-refractivity contribution in [3.8, 4) is 0 Å². The number of allylic oxidation sites excluding steroid dienone is 1. The summed E-state index contributed by atoms with van der Waals surface area (Å²) in [5.74, 6) is -1.51. The van der Waals surface area contributed by atoms with Crippen LogP contribution in [0.2, 0.25) is 0 Å². The molecule has 0 aromatic heterocycles. The van der Waals surface area contributed by atoms with Gasteiger partial charge in [-0.25, -0.2) is 0 Å². The number of esters is 1. The second-order valence-corrected chi connectivity index (χ2v) is 2.58. The van der Waals surface area contributed by atoms with Crippen LogP contribution in [0.25, 0.3) is 0 Å². The van der Waals surface area contributed by atoms with E-state index >= 15 is 0 Å². The Balaban J connectivity index is -0.000000605. The van der Waals surface area contributed by atoms with Crippen LogP contribution in [0, 0.1) is 0 Å². The fourth-order valence-corrected chi connectivity index (χ4v) is 0.451. The summed E-state index contributed by atoms with van der Waals surface area (Å²) >= 11 is 0. The number of rotatable bonds is 4. The van der Waals surface area contributed by atoms with E-state index in [2.05, 4.69) is 4.74 Å². The Kier molecular flexibility index (Phi) is 9.67. The van der Waals surface area contributed by atoms with E-state index in [9.17, 15) is 9.59 Å². The molecule has 0 bridgehead atoms. The Labute approximate surface area is 101 Å². The third-order valence-corrected chi connectivity index (χ3v) is 0.969. The maximum Gasteiger partial charge on any atom is 1.00 e. The quantitative estimate of drug-likeness (QED) is 0.335. The molecule has 0 spiro atoms. The molecule has 0 radical (unpaired) electrons. The molecule has 0 saturated heterocycles. The van der Waals surface area contributed by atoms with Gasteiger partial charge in [0.25, 0.3) is 0 Å². The minimum Gasteiger partial charge on any atom is -1.00 e. The van der Waals surface area contributed by atoms with Crippen molar-refractivity contribution in [2.75, 3.05) is 0 Å². The molecule has 0 heterocycles. The molecule has 0 rings (SSSR count). The Hall–Kier alpha value is -0.320. The van der Waals surface area contributed by atoms with E-state index < -0.39 is 11.9 Å². The Morgan fingerprint density at radius 1 is 1.38 bits per heavy atom. The second-order valence-electron chi connectivity index (χ2n) is 2.58. The average molecular weight is 196 g/mol. The van der Waals surface area contributed by atoms with Crippen LogP contribution in [0.1, 0.15) is 28.1 Å². The first kappa shape index (κ1) is 15.2. The molecule has 0 atom stereocenters. The zero-order chi connectivity index (χ0) is 9.56. The number of ether oxygens (including phenoxy) is 1. The van der Waals surface area contributed by atoms with E-state index in [1.165, 1.54) is 6.26 Å². The van der Waals surface area contributed by atoms with Crippen molar-refractivity contribution in [3.05, 3.63) is 11.8 Å². The largest absolute Gasteiger partial charge is 1.00 e. The van der Waals surface area contributed by atoms with Gasteiger partial charge in [-0.2, -0.15) is 0 Å². The van der Waals surface area contributed by atoms with Crippen molar-refractivity contribution in [2.24, 2.45) is 0 Å². The number of carboxylic acid groups (broad SMARTS) is 1. The first-order valence-corrected chi connectivity index (χ1v) is 3.57. The predicted molar refractivity (Wildman–Crippen MR) is 43.5 cm³/mol. The maximum absolute atomic E-state index is 10.7. The predicted octanol–water partition coefficient (Wildman–Crippen LogP) is -1.57. The van der Waals surface area contributed by atoms with E-state index in [1.807, 2.05) is 0 Å². The summed E-state index contributed by atoms with van der Waals surface area (Å²) in [6.45, 7) is 3.56. The maximum atomic E-state index is 10.7. The van der Waals surface area contributed by atoms with Gasteiger partial charge in [0.15, 0.2) is 0 Å². The van der Waals surface area contributed by atoms with Crippen molar-refractivity contribution in [3.63, 3.8) is 0 Å². The fourth-order valence-electron chi connectivity index (χ4n) is 0.451. The zero-order valence-corrected chi connectivity index (χ0v) is 10.2. The summed E-state index contributed by atoms with van der Waals surface area (Å²) in [6, 6.07) is 0. The van der Waals surface area contributed by atoms with Gasteiger partial charge >= 0.3 is 41.5 Å². The first-order valence-electron chi connectivity index (χ1n) is 3.57. The molecule has 0 fully saturated rings. The van der Waals surface area contributed by atoms with E-state index in [-0.39, 0.29) is 43.8 Å². The molecule has 4 nitrogen and oxygen atoms in total. The molecule has 0 aliphatic heterocycles. The summed E-state index contributed by atoms with van der Waals surface area (Å²) < 4.78 is 4.59. The standard InChI is InChI=1S/C8H12O4.Na.H/c1-6(2)5-12-8(11)4-3-7(9)10;;/h5H,3-4H2,1-2H3,(H,9,10);;/q;+1;-1. The van der Waals surface area contributed by atoms with Gasteiger partial charge < -0.3 is 11.3 Å². The van der Waals surface area contributed by atoms with E-state index in [4.69, 9.17) is 5.11 Å². The van der Waals surface area contributed by atoms with Crippen molar-refractivity contribution in [2.45, 2.75) is 26.7 Å². The van der Waals surface area contributed by atoms with Gasteiger partial charge in [0.2, 0.25) is 0 Å². The van der Waals surface area contributed by atoms with Crippen LogP contribution >= 0.6 is 0 Å². The van der Waals surface area contributed by atoms with Crippen molar-refractivity contribution in [1.82, 2.24) is 0 Å². The van der Waals surface area contributed by atoms with Crippen LogP contribution in [0.4, 0.5) is 0 Å². The van der Waals surface area contributed by atoms with Crippen molar-refractivity contribution < 1.29 is 50.4 Å². The van der Waals surface area contributed by atoms with Crippen molar-refractivity contribution >= 4 is 11.9 Å². The van der Waals surface area contributed by atoms with Gasteiger partial charge in [-0.1, -0.05) is 0 Å². The number of carbonyl (C=O) groups is 2. The summed E-state index contributed by atoms with van der Waals surface area (Å²) in [6.07, 6.45) is 1.04. The molecule has 0 aromatic rings. The van der Waals surface area contributed by atoms with Gasteiger partial charge in [-0.05, 0) is 19.4 Å². The van der Waals surface area contributed by atoms with Crippen LogP contribution in [-0.2, 0) is 14.3 Å². The number of aliphatic carboxylic acids is 1. The van der Waals surface area contributed by atoms with Gasteiger partial charge in [-0.15, -0.1) is 0 Å². The summed E-state index contributed by atoms with van der Waals surface area (Å²) in [5, 5.41) is 8.22. The molecule has 1 N–H and O–H groups in total. The summed E-state index contributed by atoms with van der Waals surface area (Å²) in [5.41, 5.74) is 0.860. The summed E-state index contributed by atoms with van der Waals surface area (Å²) in [4.78, 5) is 20.7. The smallest absolute Gasteiger partial charge is 1.00 e. The topological polar surface area (TPSA) is 63.6 Å². The minimum absolute atomic E-state index is 0. The monoisotopic (exact) mass is 196 g/mol. The fraction of sp³-hybridized carbons (Fsp3) is 0.500. The third kappa shape index (κ3) is 11.7. The Morgan fingerprint density at radius 2 is 1.92 bits per heavy atom. The van der Waals surface area contributed by atoms with Gasteiger partial charge in [0.05, 0.1) is 19.1 Å². The SMILES string of the molecule is CC(C)=COC(=O)CCC(=O)O.[H-].[Na+]. The van der Waals surface area contributed by atoms with Crippen LogP contribution in [-0.4, -0.2) is 17.0 Å². The molecule has 0 aliphatic carbocycles. The van der Waals surface area contributed by atoms with Crippen molar-refractivity contribution in [1.29, 1.82) is 0 Å². The Bertz CT molecular complexity index is 211. The molecule has 0 aliphatic rings. The molecule has 13 heavy (non-hydrogen) atoms. The van der Waals surface area contributed by atoms with Crippen LogP contribution in [0.3, 0.4) is 0 Å². The number of carboxylic acids is 1. The van der Waals surface area contributed by atoms with E-state index in [0.717, 1.165) is 5.57 Å². The van der Waals surface area contributed by atoms with Crippen LogP contribution < -0.4 is 29.6 Å². The molecular weight excluding hydrogens is 183 g/mol. The number of hydrogen-bond acceptors (Lipinski definition) is 3. The molecule has 0 saturated carbocycles. The second kappa shape index (κ2) is 8.29. The molecule has 5 heteroatoms. The minimum atomic E-state index is -0.996. The molecule has 0 amide bonds. The van der Waals surface area contributed by atoms with Gasteiger partial charge in [-0.3, -0.25) is 9.59 Å². The Morgan fingerprint density at radius 3 is 2.31 bits per heavy atom. The van der Waals surface area contributed by atoms with Gasteiger partial charge in [0.1, 0.15) is 0 Å². The van der Waals surface area contributed by atoms with E-state index in [0.29, 0.717) is 0 Å². The summed E-state index contributed by atoms with van der Waals surface area (Å²) in [7, 11) is 0.